The normalized spacial score (nSPS) is 25.6. The van der Waals surface area contributed by atoms with E-state index in [1.54, 1.807) is 6.92 Å². The first-order chi connectivity index (χ1) is 9.43. The lowest BCUT2D eigenvalue weighted by atomic mass is 9.95. The minimum atomic E-state index is -0.873. The van der Waals surface area contributed by atoms with Gasteiger partial charge in [0.15, 0.2) is 0 Å². The van der Waals surface area contributed by atoms with Gasteiger partial charge in [0.25, 0.3) is 0 Å². The number of amides is 1. The molecule has 1 aromatic rings. The van der Waals surface area contributed by atoms with E-state index < -0.39 is 17.8 Å². The summed E-state index contributed by atoms with van der Waals surface area (Å²) in [7, 11) is 0. The number of anilines is 1. The highest BCUT2D eigenvalue weighted by Crippen LogP contribution is 2.39. The Hall–Kier alpha value is -1.85. The standard InChI is InChI=1S/C14H21N3O3/c1-4-9-5-10(11(6-9)14(19)20)13(18)15-12-7(2)16-17-8(12)3/h9-11H,4-6H2,1-3H3,(H,15,18)(H,16,17)(H,19,20). The molecule has 6 nitrogen and oxygen atoms in total. The van der Waals surface area contributed by atoms with Crippen LogP contribution in [-0.4, -0.2) is 27.2 Å². The van der Waals surface area contributed by atoms with Gasteiger partial charge in [-0.05, 0) is 32.6 Å². The van der Waals surface area contributed by atoms with Gasteiger partial charge in [0.2, 0.25) is 5.91 Å². The third kappa shape index (κ3) is 2.69. The molecule has 1 saturated carbocycles. The average Bonchev–Trinajstić information content (AvgIpc) is 2.97. The molecule has 0 spiro atoms. The fourth-order valence-corrected chi connectivity index (χ4v) is 2.99. The topological polar surface area (TPSA) is 95.1 Å². The molecule has 1 amide bonds. The molecule has 2 rings (SSSR count). The van der Waals surface area contributed by atoms with E-state index in [4.69, 9.17) is 0 Å². The molecule has 0 aliphatic heterocycles. The number of nitrogens with one attached hydrogen (secondary N) is 2. The molecule has 0 radical (unpaired) electrons. The highest BCUT2D eigenvalue weighted by atomic mass is 16.4. The maximum atomic E-state index is 12.4. The number of aliphatic carboxylic acids is 1. The SMILES string of the molecule is CCC1CC(C(=O)O)C(C(=O)Nc2c(C)n[nH]c2C)C1. The van der Waals surface area contributed by atoms with Gasteiger partial charge in [0, 0.05) is 0 Å². The largest absolute Gasteiger partial charge is 0.481 e. The molecule has 6 heteroatoms. The first kappa shape index (κ1) is 14.6. The molecule has 3 N–H and O–H groups in total. The summed E-state index contributed by atoms with van der Waals surface area (Å²) in [6, 6.07) is 0. The third-order valence-corrected chi connectivity index (χ3v) is 4.27. The van der Waals surface area contributed by atoms with Crippen molar-refractivity contribution in [2.45, 2.75) is 40.0 Å². The number of aryl methyl sites for hydroxylation is 2. The first-order valence-corrected chi connectivity index (χ1v) is 6.99. The Morgan fingerprint density at radius 3 is 2.50 bits per heavy atom. The van der Waals surface area contributed by atoms with Crippen LogP contribution in [0.3, 0.4) is 0 Å². The van der Waals surface area contributed by atoms with E-state index in [2.05, 4.69) is 15.5 Å². The number of aromatic amines is 1. The maximum absolute atomic E-state index is 12.4. The number of hydrogen-bond acceptors (Lipinski definition) is 3. The van der Waals surface area contributed by atoms with Gasteiger partial charge in [-0.1, -0.05) is 13.3 Å². The summed E-state index contributed by atoms with van der Waals surface area (Å²) in [5.41, 5.74) is 2.17. The van der Waals surface area contributed by atoms with Crippen LogP contribution in [0.5, 0.6) is 0 Å². The number of carbonyl (C=O) groups excluding carboxylic acids is 1. The number of aromatic nitrogens is 2. The van der Waals surface area contributed by atoms with Gasteiger partial charge in [-0.2, -0.15) is 5.10 Å². The van der Waals surface area contributed by atoms with Crippen LogP contribution < -0.4 is 5.32 Å². The molecule has 20 heavy (non-hydrogen) atoms. The molecule has 0 aromatic carbocycles. The Morgan fingerprint density at radius 1 is 1.35 bits per heavy atom. The van der Waals surface area contributed by atoms with Crippen LogP contribution in [0.1, 0.15) is 37.6 Å². The Morgan fingerprint density at radius 2 is 2.00 bits per heavy atom. The fraction of sp³-hybridized carbons (Fsp3) is 0.643. The van der Waals surface area contributed by atoms with Crippen LogP contribution >= 0.6 is 0 Å². The van der Waals surface area contributed by atoms with Crippen LogP contribution in [0, 0.1) is 31.6 Å². The van der Waals surface area contributed by atoms with Crippen molar-refractivity contribution in [3.63, 3.8) is 0 Å². The third-order valence-electron chi connectivity index (χ3n) is 4.27. The number of carboxylic acid groups (broad SMARTS) is 1. The Labute approximate surface area is 118 Å². The highest BCUT2D eigenvalue weighted by molar-refractivity contribution is 5.96. The Bertz CT molecular complexity index is 504. The Balaban J connectivity index is 2.13. The molecule has 1 aliphatic carbocycles. The second-order valence-corrected chi connectivity index (χ2v) is 5.60. The quantitative estimate of drug-likeness (QED) is 0.786. The van der Waals surface area contributed by atoms with E-state index in [0.29, 0.717) is 30.1 Å². The first-order valence-electron chi connectivity index (χ1n) is 6.99. The van der Waals surface area contributed by atoms with Crippen LogP contribution in [-0.2, 0) is 9.59 Å². The number of H-pyrrole nitrogens is 1. The number of carboxylic acids is 1. The van der Waals surface area contributed by atoms with Crippen LogP contribution in [0.2, 0.25) is 0 Å². The fourth-order valence-electron chi connectivity index (χ4n) is 2.99. The van der Waals surface area contributed by atoms with Crippen molar-refractivity contribution in [1.29, 1.82) is 0 Å². The van der Waals surface area contributed by atoms with Gasteiger partial charge >= 0.3 is 5.97 Å². The van der Waals surface area contributed by atoms with Crippen molar-refractivity contribution in [2.24, 2.45) is 17.8 Å². The van der Waals surface area contributed by atoms with E-state index in [9.17, 15) is 14.7 Å². The molecule has 1 heterocycles. The zero-order valence-corrected chi connectivity index (χ0v) is 12.1. The van der Waals surface area contributed by atoms with Gasteiger partial charge in [0.1, 0.15) is 0 Å². The number of rotatable bonds is 4. The van der Waals surface area contributed by atoms with Crippen molar-refractivity contribution < 1.29 is 14.7 Å². The van der Waals surface area contributed by atoms with Gasteiger partial charge in [-0.3, -0.25) is 14.7 Å². The second kappa shape index (κ2) is 5.64. The molecular formula is C14H21N3O3. The lowest BCUT2D eigenvalue weighted by Crippen LogP contribution is -2.30. The van der Waals surface area contributed by atoms with Crippen molar-refractivity contribution in [2.75, 3.05) is 5.32 Å². The number of carbonyl (C=O) groups is 2. The predicted octanol–water partition coefficient (Wildman–Crippen LogP) is 2.10. The summed E-state index contributed by atoms with van der Waals surface area (Å²) in [4.78, 5) is 23.7. The lowest BCUT2D eigenvalue weighted by Gasteiger charge is -2.15. The summed E-state index contributed by atoms with van der Waals surface area (Å²) >= 11 is 0. The Kier molecular flexibility index (Phi) is 4.11. The average molecular weight is 279 g/mol. The lowest BCUT2D eigenvalue weighted by molar-refractivity contribution is -0.145. The summed E-state index contributed by atoms with van der Waals surface area (Å²) in [5, 5.41) is 18.9. The smallest absolute Gasteiger partial charge is 0.307 e. The van der Waals surface area contributed by atoms with E-state index in [1.807, 2.05) is 13.8 Å². The van der Waals surface area contributed by atoms with E-state index >= 15 is 0 Å². The summed E-state index contributed by atoms with van der Waals surface area (Å²) in [6.45, 7) is 5.67. The molecule has 3 atom stereocenters. The van der Waals surface area contributed by atoms with Crippen LogP contribution in [0.15, 0.2) is 0 Å². The second-order valence-electron chi connectivity index (χ2n) is 5.60. The van der Waals surface area contributed by atoms with Crippen molar-refractivity contribution in [3.8, 4) is 0 Å². The zero-order chi connectivity index (χ0) is 14.9. The number of nitrogens with zero attached hydrogens (tertiary/aromatic N) is 1. The van der Waals surface area contributed by atoms with Gasteiger partial charge in [-0.15, -0.1) is 0 Å². The van der Waals surface area contributed by atoms with Crippen molar-refractivity contribution >= 4 is 17.6 Å². The molecule has 1 aliphatic rings. The van der Waals surface area contributed by atoms with Gasteiger partial charge in [0.05, 0.1) is 28.9 Å². The molecule has 1 fully saturated rings. The maximum Gasteiger partial charge on any atom is 0.307 e. The van der Waals surface area contributed by atoms with E-state index in [0.717, 1.165) is 12.1 Å². The summed E-state index contributed by atoms with van der Waals surface area (Å²) in [6.07, 6.45) is 2.15. The van der Waals surface area contributed by atoms with Crippen molar-refractivity contribution in [1.82, 2.24) is 10.2 Å². The van der Waals surface area contributed by atoms with Gasteiger partial charge < -0.3 is 10.4 Å². The molecule has 1 aromatic heterocycles. The van der Waals surface area contributed by atoms with E-state index in [1.165, 1.54) is 0 Å². The molecular weight excluding hydrogens is 258 g/mol. The summed E-state index contributed by atoms with van der Waals surface area (Å²) in [5.74, 6) is -1.79. The molecule has 0 saturated heterocycles. The highest BCUT2D eigenvalue weighted by Gasteiger charge is 2.42. The van der Waals surface area contributed by atoms with Crippen LogP contribution in [0.25, 0.3) is 0 Å². The van der Waals surface area contributed by atoms with Crippen LogP contribution in [0.4, 0.5) is 5.69 Å². The van der Waals surface area contributed by atoms with E-state index in [-0.39, 0.29) is 5.91 Å². The monoisotopic (exact) mass is 279 g/mol. The minimum Gasteiger partial charge on any atom is -0.481 e. The zero-order valence-electron chi connectivity index (χ0n) is 12.1. The number of hydrogen-bond donors (Lipinski definition) is 3. The summed E-state index contributed by atoms with van der Waals surface area (Å²) < 4.78 is 0. The van der Waals surface area contributed by atoms with Crippen molar-refractivity contribution in [3.05, 3.63) is 11.4 Å². The minimum absolute atomic E-state index is 0.207. The van der Waals surface area contributed by atoms with Gasteiger partial charge in [-0.25, -0.2) is 0 Å². The predicted molar refractivity (Wildman–Crippen MR) is 74.3 cm³/mol. The molecule has 3 unspecified atom stereocenters. The molecule has 0 bridgehead atoms. The molecule has 110 valence electrons.